The lowest BCUT2D eigenvalue weighted by molar-refractivity contribution is -0.140. The van der Waals surface area contributed by atoms with Gasteiger partial charge in [-0.05, 0) is 12.5 Å². The predicted molar refractivity (Wildman–Crippen MR) is 63.6 cm³/mol. The molecule has 0 bridgehead atoms. The maximum absolute atomic E-state index is 12.4. The van der Waals surface area contributed by atoms with Gasteiger partial charge in [-0.15, -0.1) is 0 Å². The van der Waals surface area contributed by atoms with Crippen molar-refractivity contribution in [3.05, 3.63) is 17.5 Å². The third-order valence-electron chi connectivity index (χ3n) is 2.57. The Morgan fingerprint density at radius 3 is 2.58 bits per heavy atom. The standard InChI is InChI=1S/C11H17F3N4O/c1-3-8-6-9(17(2)16-8)10(19)18(5-4-15)7-11(12,13)14/h6H,3-5,7,15H2,1-2H3. The summed E-state index contributed by atoms with van der Waals surface area (Å²) in [5.41, 5.74) is 6.04. The van der Waals surface area contributed by atoms with Gasteiger partial charge >= 0.3 is 6.18 Å². The third kappa shape index (κ3) is 4.23. The van der Waals surface area contributed by atoms with E-state index in [1.54, 1.807) is 0 Å². The van der Waals surface area contributed by atoms with E-state index in [1.165, 1.54) is 17.8 Å². The molecule has 0 unspecified atom stereocenters. The van der Waals surface area contributed by atoms with Crippen LogP contribution in [0.2, 0.25) is 0 Å². The fraction of sp³-hybridized carbons (Fsp3) is 0.636. The molecule has 1 aromatic heterocycles. The van der Waals surface area contributed by atoms with Crippen LogP contribution >= 0.6 is 0 Å². The minimum Gasteiger partial charge on any atom is -0.329 e. The van der Waals surface area contributed by atoms with Crippen molar-refractivity contribution >= 4 is 5.91 Å². The maximum atomic E-state index is 12.4. The Morgan fingerprint density at radius 2 is 2.16 bits per heavy atom. The van der Waals surface area contributed by atoms with Crippen molar-refractivity contribution in [3.63, 3.8) is 0 Å². The molecule has 2 N–H and O–H groups in total. The van der Waals surface area contributed by atoms with Gasteiger partial charge in [-0.2, -0.15) is 18.3 Å². The van der Waals surface area contributed by atoms with Gasteiger partial charge in [-0.3, -0.25) is 9.48 Å². The average Bonchev–Trinajstić information content (AvgIpc) is 2.67. The quantitative estimate of drug-likeness (QED) is 0.872. The molecule has 0 saturated carbocycles. The summed E-state index contributed by atoms with van der Waals surface area (Å²) in [6.45, 7) is 0.366. The van der Waals surface area contributed by atoms with Crippen molar-refractivity contribution in [2.75, 3.05) is 19.6 Å². The molecule has 0 fully saturated rings. The van der Waals surface area contributed by atoms with Crippen molar-refractivity contribution < 1.29 is 18.0 Å². The first kappa shape index (κ1) is 15.5. The molecule has 0 aliphatic heterocycles. The number of carbonyl (C=O) groups is 1. The average molecular weight is 278 g/mol. The summed E-state index contributed by atoms with van der Waals surface area (Å²) >= 11 is 0. The minimum atomic E-state index is -4.45. The summed E-state index contributed by atoms with van der Waals surface area (Å²) < 4.78 is 38.6. The minimum absolute atomic E-state index is 0.0275. The van der Waals surface area contributed by atoms with Crippen LogP contribution in [0.25, 0.3) is 0 Å². The van der Waals surface area contributed by atoms with Gasteiger partial charge in [0.15, 0.2) is 0 Å². The summed E-state index contributed by atoms with van der Waals surface area (Å²) in [5.74, 6) is -0.711. The second-order valence-electron chi connectivity index (χ2n) is 4.13. The number of aryl methyl sites for hydroxylation is 2. The number of alkyl halides is 3. The lowest BCUT2D eigenvalue weighted by Crippen LogP contribution is -2.42. The summed E-state index contributed by atoms with van der Waals surface area (Å²) in [5, 5.41) is 4.05. The molecule has 1 aromatic rings. The molecule has 108 valence electrons. The highest BCUT2D eigenvalue weighted by Crippen LogP contribution is 2.18. The zero-order valence-electron chi connectivity index (χ0n) is 10.9. The Bertz CT molecular complexity index is 442. The van der Waals surface area contributed by atoms with Crippen molar-refractivity contribution in [2.45, 2.75) is 19.5 Å². The summed E-state index contributed by atoms with van der Waals surface area (Å²) in [6.07, 6.45) is -3.84. The lowest BCUT2D eigenvalue weighted by Gasteiger charge is -2.23. The highest BCUT2D eigenvalue weighted by Gasteiger charge is 2.33. The van der Waals surface area contributed by atoms with E-state index in [9.17, 15) is 18.0 Å². The molecule has 5 nitrogen and oxygen atoms in total. The smallest absolute Gasteiger partial charge is 0.329 e. The molecule has 1 heterocycles. The highest BCUT2D eigenvalue weighted by molar-refractivity contribution is 5.92. The molecule has 0 aliphatic carbocycles. The Morgan fingerprint density at radius 1 is 1.53 bits per heavy atom. The number of nitrogens with zero attached hydrogens (tertiary/aromatic N) is 3. The van der Waals surface area contributed by atoms with Gasteiger partial charge in [0, 0.05) is 20.1 Å². The number of amides is 1. The second kappa shape index (κ2) is 6.05. The predicted octanol–water partition coefficient (Wildman–Crippen LogP) is 0.946. The Labute approximate surface area is 109 Å². The van der Waals surface area contributed by atoms with E-state index in [4.69, 9.17) is 5.73 Å². The van der Waals surface area contributed by atoms with Crippen LogP contribution in [-0.2, 0) is 13.5 Å². The Balaban J connectivity index is 2.95. The topological polar surface area (TPSA) is 64.2 Å². The van der Waals surface area contributed by atoms with Crippen LogP contribution in [0.3, 0.4) is 0 Å². The first-order valence-corrected chi connectivity index (χ1v) is 5.87. The third-order valence-corrected chi connectivity index (χ3v) is 2.57. The van der Waals surface area contributed by atoms with Crippen LogP contribution in [0.15, 0.2) is 6.07 Å². The molecule has 0 radical (unpaired) electrons. The van der Waals surface area contributed by atoms with Gasteiger partial charge in [0.1, 0.15) is 12.2 Å². The normalized spacial score (nSPS) is 11.7. The number of hydrogen-bond donors (Lipinski definition) is 1. The molecule has 1 rings (SSSR count). The van der Waals surface area contributed by atoms with Crippen LogP contribution in [0.5, 0.6) is 0 Å². The first-order valence-electron chi connectivity index (χ1n) is 5.87. The fourth-order valence-electron chi connectivity index (χ4n) is 1.69. The number of halogens is 3. The number of nitrogens with two attached hydrogens (primary N) is 1. The largest absolute Gasteiger partial charge is 0.406 e. The number of rotatable bonds is 5. The van der Waals surface area contributed by atoms with Crippen LogP contribution in [0.4, 0.5) is 13.2 Å². The van der Waals surface area contributed by atoms with Crippen LogP contribution in [0, 0.1) is 0 Å². The van der Waals surface area contributed by atoms with Gasteiger partial charge in [-0.1, -0.05) is 6.92 Å². The van der Waals surface area contributed by atoms with Crippen LogP contribution in [-0.4, -0.2) is 46.4 Å². The highest BCUT2D eigenvalue weighted by atomic mass is 19.4. The van der Waals surface area contributed by atoms with E-state index >= 15 is 0 Å². The SMILES string of the molecule is CCc1cc(C(=O)N(CCN)CC(F)(F)F)n(C)n1. The van der Waals surface area contributed by atoms with E-state index in [2.05, 4.69) is 5.10 Å². The number of carbonyl (C=O) groups excluding carboxylic acids is 1. The molecule has 8 heteroatoms. The molecule has 1 amide bonds. The van der Waals surface area contributed by atoms with E-state index in [1.807, 2.05) is 6.92 Å². The van der Waals surface area contributed by atoms with Gasteiger partial charge < -0.3 is 10.6 Å². The summed E-state index contributed by atoms with van der Waals surface area (Å²) in [7, 11) is 1.53. The molecule has 0 saturated heterocycles. The van der Waals surface area contributed by atoms with Gasteiger partial charge in [0.25, 0.3) is 5.91 Å². The first-order chi connectivity index (χ1) is 8.78. The Hall–Kier alpha value is -1.57. The maximum Gasteiger partial charge on any atom is 0.406 e. The van der Waals surface area contributed by atoms with E-state index < -0.39 is 18.6 Å². The fourth-order valence-corrected chi connectivity index (χ4v) is 1.69. The second-order valence-corrected chi connectivity index (χ2v) is 4.13. The van der Waals surface area contributed by atoms with Gasteiger partial charge in [-0.25, -0.2) is 0 Å². The van der Waals surface area contributed by atoms with Crippen molar-refractivity contribution in [1.29, 1.82) is 0 Å². The molecular formula is C11H17F3N4O. The number of aromatic nitrogens is 2. The van der Waals surface area contributed by atoms with Gasteiger partial charge in [0.05, 0.1) is 5.69 Å². The van der Waals surface area contributed by atoms with Crippen molar-refractivity contribution in [2.24, 2.45) is 12.8 Å². The van der Waals surface area contributed by atoms with E-state index in [-0.39, 0.29) is 18.8 Å². The zero-order chi connectivity index (χ0) is 14.6. The Kier molecular flexibility index (Phi) is 4.93. The zero-order valence-corrected chi connectivity index (χ0v) is 10.9. The number of hydrogen-bond acceptors (Lipinski definition) is 3. The van der Waals surface area contributed by atoms with Gasteiger partial charge in [0.2, 0.25) is 0 Å². The monoisotopic (exact) mass is 278 g/mol. The van der Waals surface area contributed by atoms with Crippen LogP contribution in [0.1, 0.15) is 23.1 Å². The molecule has 0 spiro atoms. The molecule has 0 aromatic carbocycles. The molecule has 19 heavy (non-hydrogen) atoms. The lowest BCUT2D eigenvalue weighted by atomic mass is 10.2. The molecular weight excluding hydrogens is 261 g/mol. The summed E-state index contributed by atoms with van der Waals surface area (Å²) in [6, 6.07) is 1.50. The van der Waals surface area contributed by atoms with E-state index in [0.29, 0.717) is 17.0 Å². The summed E-state index contributed by atoms with van der Waals surface area (Å²) in [4.78, 5) is 12.8. The van der Waals surface area contributed by atoms with Crippen LogP contribution < -0.4 is 5.73 Å². The van der Waals surface area contributed by atoms with E-state index in [0.717, 1.165) is 0 Å². The van der Waals surface area contributed by atoms with Crippen molar-refractivity contribution in [3.8, 4) is 0 Å². The van der Waals surface area contributed by atoms with Crippen molar-refractivity contribution in [1.82, 2.24) is 14.7 Å². The molecule has 0 atom stereocenters. The molecule has 0 aliphatic rings.